The molecule has 45 heavy (non-hydrogen) atoms. The summed E-state index contributed by atoms with van der Waals surface area (Å²) in [6, 6.07) is 10.8. The minimum absolute atomic E-state index is 0.120. The fourth-order valence-corrected chi connectivity index (χ4v) is 5.81. The van der Waals surface area contributed by atoms with Gasteiger partial charge in [0.05, 0.1) is 44.2 Å². The smallest absolute Gasteiger partial charge is 0.350 e. The van der Waals surface area contributed by atoms with Crippen molar-refractivity contribution >= 4 is 39.9 Å². The van der Waals surface area contributed by atoms with E-state index in [2.05, 4.69) is 25.8 Å². The van der Waals surface area contributed by atoms with E-state index in [4.69, 9.17) is 18.9 Å². The van der Waals surface area contributed by atoms with E-state index < -0.39 is 23.7 Å². The van der Waals surface area contributed by atoms with Gasteiger partial charge in [-0.3, -0.25) is 14.5 Å². The van der Waals surface area contributed by atoms with Crippen LogP contribution in [0.2, 0.25) is 0 Å². The van der Waals surface area contributed by atoms with Gasteiger partial charge in [0, 0.05) is 5.56 Å². The predicted octanol–water partition coefficient (Wildman–Crippen LogP) is 6.87. The molecule has 0 spiro atoms. The number of ketones is 1. The van der Waals surface area contributed by atoms with Crippen molar-refractivity contribution in [2.75, 3.05) is 31.8 Å². The highest BCUT2D eigenvalue weighted by atomic mass is 32.1. The van der Waals surface area contributed by atoms with E-state index >= 15 is 0 Å². The zero-order chi connectivity index (χ0) is 32.7. The number of methoxy groups -OCH3 is 1. The van der Waals surface area contributed by atoms with E-state index in [0.717, 1.165) is 30.6 Å². The van der Waals surface area contributed by atoms with Gasteiger partial charge in [-0.05, 0) is 62.4 Å². The standard InChI is InChI=1S/C34H40N2O8S/c1-7-9-16-43-24-12-10-11-23(18-24)29(37)27-28(22-13-14-25(26(19-22)41-6)44-17-15-20(3)4)36(32(39)30(27)38)34-35-21(5)31(45-34)33(40)42-8-2/h10-14,18-20,28,37H,7-9,15-17H2,1-6H3/b29-27+. The number of anilines is 1. The predicted molar refractivity (Wildman–Crippen MR) is 172 cm³/mol. The van der Waals surface area contributed by atoms with Crippen molar-refractivity contribution in [1.82, 2.24) is 4.98 Å². The molecule has 1 unspecified atom stereocenters. The van der Waals surface area contributed by atoms with Gasteiger partial charge in [-0.1, -0.05) is 56.7 Å². The Morgan fingerprint density at radius 2 is 1.84 bits per heavy atom. The van der Waals surface area contributed by atoms with Crippen LogP contribution in [0.4, 0.5) is 5.13 Å². The van der Waals surface area contributed by atoms with Crippen molar-refractivity contribution in [3.63, 3.8) is 0 Å². The Kier molecular flexibility index (Phi) is 11.2. The third-order valence-corrected chi connectivity index (χ3v) is 8.36. The molecule has 2 heterocycles. The Hall–Kier alpha value is -4.38. The molecule has 11 heteroatoms. The number of carbonyl (C=O) groups is 3. The third-order valence-electron chi connectivity index (χ3n) is 7.23. The number of Topliss-reactive ketones (excluding diaryl/α,β-unsaturated/α-hetero) is 1. The molecule has 0 saturated carbocycles. The number of aliphatic hydroxyl groups excluding tert-OH is 1. The van der Waals surface area contributed by atoms with Crippen LogP contribution in [0.25, 0.3) is 5.76 Å². The van der Waals surface area contributed by atoms with E-state index in [1.165, 1.54) is 12.0 Å². The van der Waals surface area contributed by atoms with Crippen LogP contribution in [-0.4, -0.2) is 54.7 Å². The first kappa shape index (κ1) is 33.5. The average Bonchev–Trinajstić information content (AvgIpc) is 3.53. The van der Waals surface area contributed by atoms with Crippen LogP contribution in [0, 0.1) is 12.8 Å². The van der Waals surface area contributed by atoms with E-state index in [1.807, 2.05) is 0 Å². The van der Waals surface area contributed by atoms with E-state index in [9.17, 15) is 19.5 Å². The van der Waals surface area contributed by atoms with Crippen molar-refractivity contribution in [2.45, 2.75) is 59.9 Å². The highest BCUT2D eigenvalue weighted by molar-refractivity contribution is 7.17. The molecule has 0 aliphatic carbocycles. The Balaban J connectivity index is 1.86. The Labute approximate surface area is 267 Å². The van der Waals surface area contributed by atoms with Crippen LogP contribution in [0.5, 0.6) is 17.2 Å². The van der Waals surface area contributed by atoms with Gasteiger partial charge in [-0.2, -0.15) is 0 Å². The van der Waals surface area contributed by atoms with Gasteiger partial charge in [-0.25, -0.2) is 9.78 Å². The first-order chi connectivity index (χ1) is 21.6. The molecule has 1 aliphatic rings. The van der Waals surface area contributed by atoms with Crippen LogP contribution < -0.4 is 19.1 Å². The summed E-state index contributed by atoms with van der Waals surface area (Å²) < 4.78 is 22.6. The first-order valence-corrected chi connectivity index (χ1v) is 15.9. The summed E-state index contributed by atoms with van der Waals surface area (Å²) in [4.78, 5) is 46.0. The number of hydrogen-bond donors (Lipinski definition) is 1. The Morgan fingerprint density at radius 3 is 2.53 bits per heavy atom. The molecule has 1 atom stereocenters. The topological polar surface area (TPSA) is 124 Å². The summed E-state index contributed by atoms with van der Waals surface area (Å²) in [7, 11) is 1.51. The van der Waals surface area contributed by atoms with Crippen molar-refractivity contribution in [3.8, 4) is 17.2 Å². The number of ether oxygens (including phenoxy) is 4. The number of nitrogens with zero attached hydrogens (tertiary/aromatic N) is 2. The van der Waals surface area contributed by atoms with Gasteiger partial charge in [0.25, 0.3) is 5.78 Å². The lowest BCUT2D eigenvalue weighted by atomic mass is 9.95. The molecule has 1 saturated heterocycles. The number of aliphatic hydroxyl groups is 1. The van der Waals surface area contributed by atoms with Crippen LogP contribution in [0.3, 0.4) is 0 Å². The lowest BCUT2D eigenvalue weighted by molar-refractivity contribution is -0.132. The largest absolute Gasteiger partial charge is 0.507 e. The maximum absolute atomic E-state index is 13.7. The zero-order valence-corrected chi connectivity index (χ0v) is 27.4. The molecule has 1 N–H and O–H groups in total. The summed E-state index contributed by atoms with van der Waals surface area (Å²) in [6.07, 6.45) is 2.67. The quantitative estimate of drug-likeness (QED) is 0.0664. The number of unbranched alkanes of at least 4 members (excludes halogenated alkanes) is 1. The molecule has 0 bridgehead atoms. The number of hydrogen-bond acceptors (Lipinski definition) is 10. The fourth-order valence-electron chi connectivity index (χ4n) is 4.82. The number of aromatic nitrogens is 1. The zero-order valence-electron chi connectivity index (χ0n) is 26.5. The van der Waals surface area contributed by atoms with Crippen LogP contribution >= 0.6 is 11.3 Å². The molecule has 1 fully saturated rings. The molecular weight excluding hydrogens is 596 g/mol. The van der Waals surface area contributed by atoms with Gasteiger partial charge in [0.1, 0.15) is 16.4 Å². The maximum Gasteiger partial charge on any atom is 0.350 e. The number of benzene rings is 2. The van der Waals surface area contributed by atoms with E-state index in [0.29, 0.717) is 53.2 Å². The van der Waals surface area contributed by atoms with Gasteiger partial charge in [-0.15, -0.1) is 0 Å². The lowest BCUT2D eigenvalue weighted by Gasteiger charge is -2.24. The van der Waals surface area contributed by atoms with Gasteiger partial charge in [0.2, 0.25) is 0 Å². The van der Waals surface area contributed by atoms with Crippen molar-refractivity contribution in [3.05, 3.63) is 69.7 Å². The summed E-state index contributed by atoms with van der Waals surface area (Å²) in [5, 5.41) is 11.8. The van der Waals surface area contributed by atoms with Crippen molar-refractivity contribution in [2.24, 2.45) is 5.92 Å². The number of thiazole rings is 1. The lowest BCUT2D eigenvalue weighted by Crippen LogP contribution is -2.29. The minimum Gasteiger partial charge on any atom is -0.507 e. The highest BCUT2D eigenvalue weighted by Crippen LogP contribution is 2.45. The summed E-state index contributed by atoms with van der Waals surface area (Å²) in [5.41, 5.74) is 1.02. The molecule has 2 aromatic carbocycles. The fraction of sp³-hybridized carbons (Fsp3) is 0.412. The van der Waals surface area contributed by atoms with Crippen LogP contribution in [0.1, 0.15) is 79.5 Å². The normalized spacial score (nSPS) is 15.9. The molecule has 10 nitrogen and oxygen atoms in total. The Morgan fingerprint density at radius 1 is 1.07 bits per heavy atom. The number of esters is 1. The molecule has 3 aromatic rings. The number of rotatable bonds is 14. The van der Waals surface area contributed by atoms with Crippen molar-refractivity contribution in [1.29, 1.82) is 0 Å². The van der Waals surface area contributed by atoms with Crippen LogP contribution in [-0.2, 0) is 14.3 Å². The second-order valence-electron chi connectivity index (χ2n) is 11.0. The SMILES string of the molecule is CCCCOc1cccc(/C(O)=C2\C(=O)C(=O)N(c3nc(C)c(C(=O)OCC)s3)C2c2ccc(OCCC(C)C)c(OC)c2)c1. The molecule has 4 rings (SSSR count). The summed E-state index contributed by atoms with van der Waals surface area (Å²) in [5.74, 6) is -0.840. The number of aryl methyl sites for hydroxylation is 1. The minimum atomic E-state index is -1.09. The van der Waals surface area contributed by atoms with Gasteiger partial charge >= 0.3 is 11.9 Å². The third kappa shape index (κ3) is 7.47. The number of carbonyl (C=O) groups excluding carboxylic acids is 3. The molecule has 1 amide bonds. The van der Waals surface area contributed by atoms with Gasteiger partial charge in [0.15, 0.2) is 16.6 Å². The molecule has 240 valence electrons. The first-order valence-electron chi connectivity index (χ1n) is 15.1. The average molecular weight is 637 g/mol. The monoisotopic (exact) mass is 636 g/mol. The molecule has 0 radical (unpaired) electrons. The molecular formula is C34H40N2O8S. The van der Waals surface area contributed by atoms with Gasteiger partial charge < -0.3 is 24.1 Å². The highest BCUT2D eigenvalue weighted by Gasteiger charge is 2.48. The Bertz CT molecular complexity index is 1580. The van der Waals surface area contributed by atoms with E-state index in [1.54, 1.807) is 56.3 Å². The van der Waals surface area contributed by atoms with E-state index in [-0.39, 0.29) is 27.9 Å². The second-order valence-corrected chi connectivity index (χ2v) is 11.9. The number of amides is 1. The summed E-state index contributed by atoms with van der Waals surface area (Å²) >= 11 is 0.946. The summed E-state index contributed by atoms with van der Waals surface area (Å²) in [6.45, 7) is 10.8. The van der Waals surface area contributed by atoms with Crippen LogP contribution in [0.15, 0.2) is 48.0 Å². The molecule has 1 aromatic heterocycles. The maximum atomic E-state index is 13.7. The van der Waals surface area contributed by atoms with Crippen molar-refractivity contribution < 1.29 is 38.4 Å². The molecule has 1 aliphatic heterocycles. The second kappa shape index (κ2) is 15.1.